The van der Waals surface area contributed by atoms with Crippen LogP contribution in [-0.4, -0.2) is 47.7 Å². The molecule has 25 heavy (non-hydrogen) atoms. The van der Waals surface area contributed by atoms with Gasteiger partial charge in [-0.15, -0.1) is 0 Å². The summed E-state index contributed by atoms with van der Waals surface area (Å²) in [6.45, 7) is 1.07. The molecule has 1 aliphatic rings. The van der Waals surface area contributed by atoms with Crippen molar-refractivity contribution < 1.29 is 19.4 Å². The largest absolute Gasteiger partial charge is 0.480 e. The third-order valence-corrected chi connectivity index (χ3v) is 4.28. The highest BCUT2D eigenvalue weighted by Crippen LogP contribution is 2.23. The Balaban J connectivity index is 1.90. The molecule has 1 saturated heterocycles. The number of aliphatic carboxylic acids is 1. The fourth-order valence-electron chi connectivity index (χ4n) is 2.93. The first-order valence-electron chi connectivity index (χ1n) is 8.11. The Morgan fingerprint density at radius 2 is 1.88 bits per heavy atom. The van der Waals surface area contributed by atoms with Crippen molar-refractivity contribution in [3.63, 3.8) is 0 Å². The smallest absolute Gasteiger partial charge is 0.328 e. The fraction of sp³-hybridized carbons (Fsp3) is 0.263. The molecule has 1 heterocycles. The second-order valence-corrected chi connectivity index (χ2v) is 5.91. The zero-order valence-electron chi connectivity index (χ0n) is 13.7. The third-order valence-electron chi connectivity index (χ3n) is 4.28. The maximum Gasteiger partial charge on any atom is 0.328 e. The standard InChI is InChI=1S/C19H20N2O4/c20-11-13-3-1-4-14(9-13)15-5-2-6-16(10-15)18(22)21-7-8-25-12-17(21)19(23)24/h1-6,9-10,17H,7-8,11-12,20H2,(H,23,24). The first-order valence-corrected chi connectivity index (χ1v) is 8.11. The second-order valence-electron chi connectivity index (χ2n) is 5.91. The van der Waals surface area contributed by atoms with E-state index >= 15 is 0 Å². The Kier molecular flexibility index (Phi) is 5.11. The molecule has 0 saturated carbocycles. The van der Waals surface area contributed by atoms with Crippen LogP contribution in [0.4, 0.5) is 0 Å². The molecule has 0 radical (unpaired) electrons. The number of benzene rings is 2. The van der Waals surface area contributed by atoms with Crippen molar-refractivity contribution in [3.8, 4) is 11.1 Å². The van der Waals surface area contributed by atoms with Gasteiger partial charge in [0.2, 0.25) is 0 Å². The van der Waals surface area contributed by atoms with E-state index in [0.29, 0.717) is 18.7 Å². The van der Waals surface area contributed by atoms with Crippen molar-refractivity contribution >= 4 is 11.9 Å². The Labute approximate surface area is 145 Å². The molecule has 1 amide bonds. The van der Waals surface area contributed by atoms with Gasteiger partial charge in [0.25, 0.3) is 5.91 Å². The SMILES string of the molecule is NCc1cccc(-c2cccc(C(=O)N3CCOCC3C(=O)O)c2)c1. The summed E-state index contributed by atoms with van der Waals surface area (Å²) in [6, 6.07) is 14.1. The van der Waals surface area contributed by atoms with E-state index in [1.54, 1.807) is 18.2 Å². The van der Waals surface area contributed by atoms with Crippen molar-refractivity contribution in [2.75, 3.05) is 19.8 Å². The van der Waals surface area contributed by atoms with Crippen LogP contribution in [0.15, 0.2) is 48.5 Å². The number of hydrogen-bond acceptors (Lipinski definition) is 4. The molecule has 0 aromatic heterocycles. The van der Waals surface area contributed by atoms with Crippen molar-refractivity contribution in [3.05, 3.63) is 59.7 Å². The predicted octanol–water partition coefficient (Wildman–Crippen LogP) is 1.74. The average Bonchev–Trinajstić information content (AvgIpc) is 2.67. The average molecular weight is 340 g/mol. The summed E-state index contributed by atoms with van der Waals surface area (Å²) in [7, 11) is 0. The summed E-state index contributed by atoms with van der Waals surface area (Å²) in [5.41, 5.74) is 9.01. The van der Waals surface area contributed by atoms with Gasteiger partial charge < -0.3 is 20.5 Å². The van der Waals surface area contributed by atoms with Crippen LogP contribution in [0.3, 0.4) is 0 Å². The molecule has 2 aromatic rings. The molecule has 1 unspecified atom stereocenters. The number of amides is 1. The monoisotopic (exact) mass is 340 g/mol. The number of carboxylic acid groups (broad SMARTS) is 1. The zero-order chi connectivity index (χ0) is 17.8. The highest BCUT2D eigenvalue weighted by Gasteiger charge is 2.33. The molecule has 6 heteroatoms. The first-order chi connectivity index (χ1) is 12.1. The highest BCUT2D eigenvalue weighted by atomic mass is 16.5. The lowest BCUT2D eigenvalue weighted by Crippen LogP contribution is -2.52. The van der Waals surface area contributed by atoms with Crippen LogP contribution in [0.1, 0.15) is 15.9 Å². The summed E-state index contributed by atoms with van der Waals surface area (Å²) < 4.78 is 5.19. The summed E-state index contributed by atoms with van der Waals surface area (Å²) >= 11 is 0. The van der Waals surface area contributed by atoms with Crippen LogP contribution in [0.25, 0.3) is 11.1 Å². The van der Waals surface area contributed by atoms with E-state index in [0.717, 1.165) is 16.7 Å². The van der Waals surface area contributed by atoms with Crippen LogP contribution in [0.2, 0.25) is 0 Å². The minimum atomic E-state index is -1.06. The van der Waals surface area contributed by atoms with E-state index in [2.05, 4.69) is 0 Å². The van der Waals surface area contributed by atoms with Gasteiger partial charge in [-0.1, -0.05) is 30.3 Å². The van der Waals surface area contributed by atoms with Gasteiger partial charge in [-0.3, -0.25) is 4.79 Å². The lowest BCUT2D eigenvalue weighted by atomic mass is 10.0. The molecule has 2 aromatic carbocycles. The number of nitrogens with two attached hydrogens (primary N) is 1. The van der Waals surface area contributed by atoms with Crippen molar-refractivity contribution in [1.82, 2.24) is 4.90 Å². The molecule has 1 atom stereocenters. The van der Waals surface area contributed by atoms with E-state index in [9.17, 15) is 14.7 Å². The van der Waals surface area contributed by atoms with Crippen LogP contribution in [-0.2, 0) is 16.1 Å². The zero-order valence-corrected chi connectivity index (χ0v) is 13.7. The Morgan fingerprint density at radius 1 is 1.16 bits per heavy atom. The number of carboxylic acids is 1. The van der Waals surface area contributed by atoms with Gasteiger partial charge in [-0.2, -0.15) is 0 Å². The minimum Gasteiger partial charge on any atom is -0.480 e. The summed E-state index contributed by atoms with van der Waals surface area (Å²) in [6.07, 6.45) is 0. The molecule has 0 aliphatic carbocycles. The van der Waals surface area contributed by atoms with Crippen molar-refractivity contribution in [2.24, 2.45) is 5.73 Å². The van der Waals surface area contributed by atoms with Gasteiger partial charge in [0.1, 0.15) is 0 Å². The normalized spacial score (nSPS) is 17.3. The molecule has 130 valence electrons. The van der Waals surface area contributed by atoms with Crippen LogP contribution in [0.5, 0.6) is 0 Å². The predicted molar refractivity (Wildman–Crippen MR) is 93.0 cm³/mol. The van der Waals surface area contributed by atoms with Gasteiger partial charge in [-0.05, 0) is 34.9 Å². The third kappa shape index (κ3) is 3.70. The molecule has 3 rings (SSSR count). The van der Waals surface area contributed by atoms with Gasteiger partial charge in [0, 0.05) is 18.7 Å². The van der Waals surface area contributed by atoms with E-state index in [1.165, 1.54) is 4.90 Å². The first kappa shape index (κ1) is 17.1. The number of ether oxygens (including phenoxy) is 1. The van der Waals surface area contributed by atoms with E-state index < -0.39 is 12.0 Å². The van der Waals surface area contributed by atoms with Crippen molar-refractivity contribution in [2.45, 2.75) is 12.6 Å². The number of morpholine rings is 1. The molecular formula is C19H20N2O4. The topological polar surface area (TPSA) is 92.9 Å². The molecule has 1 aliphatic heterocycles. The molecule has 1 fully saturated rings. The fourth-order valence-corrected chi connectivity index (χ4v) is 2.93. The van der Waals surface area contributed by atoms with Crippen LogP contribution in [0, 0.1) is 0 Å². The Bertz CT molecular complexity index is 790. The molecule has 0 spiro atoms. The number of carbonyl (C=O) groups is 2. The summed E-state index contributed by atoms with van der Waals surface area (Å²) in [5.74, 6) is -1.35. The Hall–Kier alpha value is -2.70. The van der Waals surface area contributed by atoms with E-state index in [1.807, 2.05) is 30.3 Å². The second kappa shape index (κ2) is 7.46. The minimum absolute atomic E-state index is 0.0132. The number of carbonyl (C=O) groups excluding carboxylic acids is 1. The lowest BCUT2D eigenvalue weighted by Gasteiger charge is -2.33. The quantitative estimate of drug-likeness (QED) is 0.884. The summed E-state index contributed by atoms with van der Waals surface area (Å²) in [5, 5.41) is 9.31. The van der Waals surface area contributed by atoms with Crippen LogP contribution >= 0.6 is 0 Å². The molecule has 3 N–H and O–H groups in total. The highest BCUT2D eigenvalue weighted by molar-refractivity contribution is 5.97. The van der Waals surface area contributed by atoms with E-state index in [4.69, 9.17) is 10.5 Å². The Morgan fingerprint density at radius 3 is 2.60 bits per heavy atom. The van der Waals surface area contributed by atoms with Crippen molar-refractivity contribution in [1.29, 1.82) is 0 Å². The lowest BCUT2D eigenvalue weighted by molar-refractivity contribution is -0.147. The van der Waals surface area contributed by atoms with Gasteiger partial charge in [0.15, 0.2) is 6.04 Å². The number of hydrogen-bond donors (Lipinski definition) is 2. The van der Waals surface area contributed by atoms with Crippen LogP contribution < -0.4 is 5.73 Å². The van der Waals surface area contributed by atoms with Gasteiger partial charge >= 0.3 is 5.97 Å². The number of rotatable bonds is 4. The van der Waals surface area contributed by atoms with E-state index in [-0.39, 0.29) is 19.1 Å². The molecule has 0 bridgehead atoms. The summed E-state index contributed by atoms with van der Waals surface area (Å²) in [4.78, 5) is 25.5. The maximum atomic E-state index is 12.8. The maximum absolute atomic E-state index is 12.8. The van der Waals surface area contributed by atoms with Gasteiger partial charge in [0.05, 0.1) is 13.2 Å². The number of nitrogens with zero attached hydrogens (tertiary/aromatic N) is 1. The molecular weight excluding hydrogens is 320 g/mol. The molecule has 6 nitrogen and oxygen atoms in total. The van der Waals surface area contributed by atoms with Gasteiger partial charge in [-0.25, -0.2) is 4.79 Å².